The lowest BCUT2D eigenvalue weighted by Gasteiger charge is -2.52. The summed E-state index contributed by atoms with van der Waals surface area (Å²) in [5.74, 6) is 0.831. The molecule has 2 unspecified atom stereocenters. The van der Waals surface area contributed by atoms with E-state index in [9.17, 15) is 5.11 Å². The first-order valence-electron chi connectivity index (χ1n) is 6.22. The second-order valence-electron chi connectivity index (χ2n) is 4.75. The van der Waals surface area contributed by atoms with Crippen LogP contribution < -0.4 is 4.74 Å². The molecule has 1 aliphatic carbocycles. The fourth-order valence-electron chi connectivity index (χ4n) is 2.75. The molecular formula is C14H19ClO2. The van der Waals surface area contributed by atoms with Gasteiger partial charge in [0.05, 0.1) is 6.10 Å². The molecular weight excluding hydrogens is 236 g/mol. The van der Waals surface area contributed by atoms with Crippen LogP contribution in [0.15, 0.2) is 24.3 Å². The van der Waals surface area contributed by atoms with Gasteiger partial charge in [-0.3, -0.25) is 0 Å². The molecule has 0 bridgehead atoms. The maximum Gasteiger partial charge on any atom is 0.119 e. The average Bonchev–Trinajstić information content (AvgIpc) is 2.33. The van der Waals surface area contributed by atoms with Crippen LogP contribution in [-0.4, -0.2) is 17.3 Å². The van der Waals surface area contributed by atoms with Gasteiger partial charge in [-0.2, -0.15) is 0 Å². The molecule has 1 aromatic carbocycles. The zero-order valence-electron chi connectivity index (χ0n) is 10.3. The third-order valence-corrected chi connectivity index (χ3v) is 4.40. The van der Waals surface area contributed by atoms with Gasteiger partial charge in [0, 0.05) is 16.9 Å². The number of hydrogen-bond acceptors (Lipinski definition) is 2. The van der Waals surface area contributed by atoms with Gasteiger partial charge < -0.3 is 9.84 Å². The second kappa shape index (κ2) is 4.87. The number of ether oxygens (including phenoxy) is 1. The summed E-state index contributed by atoms with van der Waals surface area (Å²) in [4.78, 5) is 0. The van der Waals surface area contributed by atoms with E-state index in [2.05, 4.69) is 13.8 Å². The van der Waals surface area contributed by atoms with E-state index < -0.39 is 0 Å². The largest absolute Gasteiger partial charge is 0.490 e. The smallest absolute Gasteiger partial charge is 0.119 e. The molecule has 2 rings (SSSR count). The van der Waals surface area contributed by atoms with E-state index in [1.807, 2.05) is 24.3 Å². The Labute approximate surface area is 108 Å². The van der Waals surface area contributed by atoms with Crippen LogP contribution in [0.4, 0.5) is 0 Å². The molecule has 1 aliphatic rings. The third-order valence-electron chi connectivity index (χ3n) is 4.15. The Kier molecular flexibility index (Phi) is 3.64. The summed E-state index contributed by atoms with van der Waals surface area (Å²) in [5.41, 5.74) is -0.0698. The summed E-state index contributed by atoms with van der Waals surface area (Å²) in [6.45, 7) is 4.23. The van der Waals surface area contributed by atoms with Crippen molar-refractivity contribution in [1.29, 1.82) is 0 Å². The van der Waals surface area contributed by atoms with Gasteiger partial charge in [0.15, 0.2) is 0 Å². The molecule has 1 fully saturated rings. The van der Waals surface area contributed by atoms with E-state index in [0.717, 1.165) is 25.0 Å². The lowest BCUT2D eigenvalue weighted by atomic mass is 9.60. The van der Waals surface area contributed by atoms with Gasteiger partial charge >= 0.3 is 0 Å². The van der Waals surface area contributed by atoms with Crippen molar-refractivity contribution in [1.82, 2.24) is 0 Å². The van der Waals surface area contributed by atoms with E-state index in [4.69, 9.17) is 16.3 Å². The lowest BCUT2D eigenvalue weighted by Crippen LogP contribution is -2.59. The summed E-state index contributed by atoms with van der Waals surface area (Å²) >= 11 is 5.83. The molecule has 0 heterocycles. The molecule has 0 saturated heterocycles. The summed E-state index contributed by atoms with van der Waals surface area (Å²) in [7, 11) is 0. The van der Waals surface area contributed by atoms with E-state index in [1.54, 1.807) is 0 Å². The average molecular weight is 255 g/mol. The molecule has 0 amide bonds. The normalized spacial score (nSPS) is 26.4. The van der Waals surface area contributed by atoms with Crippen molar-refractivity contribution in [2.24, 2.45) is 5.41 Å². The number of halogens is 1. The highest BCUT2D eigenvalue weighted by molar-refractivity contribution is 6.30. The molecule has 2 atom stereocenters. The number of aliphatic hydroxyl groups is 1. The van der Waals surface area contributed by atoms with Crippen LogP contribution in [0.1, 0.15) is 33.1 Å². The van der Waals surface area contributed by atoms with Crippen LogP contribution in [0, 0.1) is 5.41 Å². The number of hydrogen-bond donors (Lipinski definition) is 1. The predicted octanol–water partition coefficient (Wildman–Crippen LogP) is 3.66. The summed E-state index contributed by atoms with van der Waals surface area (Å²) in [5, 5.41) is 10.7. The van der Waals surface area contributed by atoms with E-state index in [0.29, 0.717) is 5.02 Å². The molecule has 94 valence electrons. The van der Waals surface area contributed by atoms with Crippen molar-refractivity contribution < 1.29 is 9.84 Å². The maximum absolute atomic E-state index is 9.95. The number of rotatable bonds is 4. The minimum Gasteiger partial charge on any atom is -0.490 e. The summed E-state index contributed by atoms with van der Waals surface area (Å²) < 4.78 is 5.95. The van der Waals surface area contributed by atoms with Crippen LogP contribution in [0.25, 0.3) is 0 Å². The Hall–Kier alpha value is -0.730. The SMILES string of the molecule is CCC1(CC)C(O)CC1Oc1ccc(Cl)cc1. The maximum atomic E-state index is 9.95. The zero-order chi connectivity index (χ0) is 12.5. The second-order valence-corrected chi connectivity index (χ2v) is 5.19. The Morgan fingerprint density at radius 3 is 2.35 bits per heavy atom. The number of benzene rings is 1. The number of aliphatic hydroxyl groups excluding tert-OH is 1. The summed E-state index contributed by atoms with van der Waals surface area (Å²) in [6.07, 6.45) is 2.51. The Morgan fingerprint density at radius 1 is 1.29 bits per heavy atom. The fraction of sp³-hybridized carbons (Fsp3) is 0.571. The van der Waals surface area contributed by atoms with E-state index >= 15 is 0 Å². The van der Waals surface area contributed by atoms with Crippen LogP contribution >= 0.6 is 11.6 Å². The molecule has 0 radical (unpaired) electrons. The first kappa shape index (κ1) is 12.7. The van der Waals surface area contributed by atoms with Gasteiger partial charge in [0.2, 0.25) is 0 Å². The Morgan fingerprint density at radius 2 is 1.88 bits per heavy atom. The molecule has 17 heavy (non-hydrogen) atoms. The van der Waals surface area contributed by atoms with Crippen molar-refractivity contribution in [3.05, 3.63) is 29.3 Å². The highest BCUT2D eigenvalue weighted by Crippen LogP contribution is 2.48. The molecule has 0 aromatic heterocycles. The lowest BCUT2D eigenvalue weighted by molar-refractivity contribution is -0.159. The van der Waals surface area contributed by atoms with Gasteiger partial charge in [0.25, 0.3) is 0 Å². The molecule has 0 spiro atoms. The standard InChI is InChI=1S/C14H19ClO2/c1-3-14(4-2)12(16)9-13(14)17-11-7-5-10(15)6-8-11/h5-8,12-13,16H,3-4,9H2,1-2H3. The van der Waals surface area contributed by atoms with Gasteiger partial charge in [-0.05, 0) is 37.1 Å². The molecule has 1 N–H and O–H groups in total. The van der Waals surface area contributed by atoms with Crippen molar-refractivity contribution >= 4 is 11.6 Å². The van der Waals surface area contributed by atoms with Crippen molar-refractivity contribution in [3.63, 3.8) is 0 Å². The van der Waals surface area contributed by atoms with Gasteiger partial charge in [-0.15, -0.1) is 0 Å². The zero-order valence-corrected chi connectivity index (χ0v) is 11.1. The van der Waals surface area contributed by atoms with Gasteiger partial charge in [-0.1, -0.05) is 25.4 Å². The predicted molar refractivity (Wildman–Crippen MR) is 69.5 cm³/mol. The topological polar surface area (TPSA) is 29.5 Å². The Balaban J connectivity index is 2.07. The minimum atomic E-state index is -0.227. The molecule has 2 nitrogen and oxygen atoms in total. The van der Waals surface area contributed by atoms with Crippen molar-refractivity contribution in [3.8, 4) is 5.75 Å². The quantitative estimate of drug-likeness (QED) is 0.889. The van der Waals surface area contributed by atoms with Crippen LogP contribution in [0.5, 0.6) is 5.75 Å². The monoisotopic (exact) mass is 254 g/mol. The minimum absolute atomic E-state index is 0.0698. The van der Waals surface area contributed by atoms with E-state index in [-0.39, 0.29) is 17.6 Å². The first-order valence-corrected chi connectivity index (χ1v) is 6.60. The van der Waals surface area contributed by atoms with E-state index in [1.165, 1.54) is 0 Å². The van der Waals surface area contributed by atoms with Crippen LogP contribution in [0.3, 0.4) is 0 Å². The Bertz CT molecular complexity index is 370. The summed E-state index contributed by atoms with van der Waals surface area (Å²) in [6, 6.07) is 7.41. The van der Waals surface area contributed by atoms with Crippen molar-refractivity contribution in [2.75, 3.05) is 0 Å². The van der Waals surface area contributed by atoms with Gasteiger partial charge in [0.1, 0.15) is 11.9 Å². The third kappa shape index (κ3) is 2.16. The molecule has 0 aliphatic heterocycles. The highest BCUT2D eigenvalue weighted by atomic mass is 35.5. The van der Waals surface area contributed by atoms with Crippen LogP contribution in [-0.2, 0) is 0 Å². The molecule has 3 heteroatoms. The first-order chi connectivity index (χ1) is 8.12. The molecule has 1 saturated carbocycles. The van der Waals surface area contributed by atoms with Gasteiger partial charge in [-0.25, -0.2) is 0 Å². The molecule has 1 aromatic rings. The van der Waals surface area contributed by atoms with Crippen molar-refractivity contribution in [2.45, 2.75) is 45.3 Å². The van der Waals surface area contributed by atoms with Crippen LogP contribution in [0.2, 0.25) is 5.02 Å². The fourth-order valence-corrected chi connectivity index (χ4v) is 2.87. The highest BCUT2D eigenvalue weighted by Gasteiger charge is 2.53.